The van der Waals surface area contributed by atoms with Crippen LogP contribution in [0.3, 0.4) is 0 Å². The smallest absolute Gasteiger partial charge is 0.253 e. The molecule has 1 atom stereocenters. The number of aromatic nitrogens is 3. The molecule has 34 heavy (non-hydrogen) atoms. The maximum absolute atomic E-state index is 12.9. The molecule has 3 aromatic rings. The van der Waals surface area contributed by atoms with Crippen molar-refractivity contribution >= 4 is 17.1 Å². The minimum Gasteiger partial charge on any atom is -0.497 e. The quantitative estimate of drug-likeness (QED) is 0.602. The summed E-state index contributed by atoms with van der Waals surface area (Å²) in [6.07, 6.45) is 4.72. The standard InChI is InChI=1S/C23H26N4O3.CH3F.CH5N/c1-29-18-4-2-16(3-5-18)23(28)27-11-7-15(8-12-27)19-6-10-24-22-20(19)25-21(26-22)17-9-13-30-14-17;2*1-2/h2-6,10,15,17H,7-9,11-14H2,1H3,(H,24,25,26);1H3;2H2,1H3. The second kappa shape index (κ2) is 12.4. The highest BCUT2D eigenvalue weighted by atomic mass is 19.1. The van der Waals surface area contributed by atoms with E-state index in [1.54, 1.807) is 7.11 Å². The van der Waals surface area contributed by atoms with Crippen molar-refractivity contribution in [1.29, 1.82) is 0 Å². The number of rotatable bonds is 4. The van der Waals surface area contributed by atoms with Gasteiger partial charge in [-0.25, -0.2) is 9.97 Å². The molecule has 1 amide bonds. The Morgan fingerprint density at radius 2 is 1.82 bits per heavy atom. The maximum atomic E-state index is 12.9. The van der Waals surface area contributed by atoms with Crippen LogP contribution in [0.5, 0.6) is 5.75 Å². The van der Waals surface area contributed by atoms with Crippen LogP contribution in [0.25, 0.3) is 11.2 Å². The lowest BCUT2D eigenvalue weighted by Crippen LogP contribution is -2.37. The molecule has 2 aliphatic heterocycles. The summed E-state index contributed by atoms with van der Waals surface area (Å²) in [4.78, 5) is 27.5. The average Bonchev–Trinajstić information content (AvgIpc) is 3.61. The number of imidazole rings is 1. The number of carbonyl (C=O) groups is 1. The molecule has 2 fully saturated rings. The number of alkyl halides is 1. The fraction of sp³-hybridized carbons (Fsp3) is 0.480. The molecule has 2 saturated heterocycles. The van der Waals surface area contributed by atoms with Crippen LogP contribution in [-0.4, -0.2) is 73.4 Å². The van der Waals surface area contributed by atoms with Gasteiger partial charge in [-0.2, -0.15) is 0 Å². The van der Waals surface area contributed by atoms with Crippen LogP contribution < -0.4 is 10.5 Å². The topological polar surface area (TPSA) is 106 Å². The van der Waals surface area contributed by atoms with Gasteiger partial charge < -0.3 is 25.1 Å². The predicted octanol–water partition coefficient (Wildman–Crippen LogP) is 3.65. The number of hydrogen-bond donors (Lipinski definition) is 2. The third-order valence-electron chi connectivity index (χ3n) is 6.32. The lowest BCUT2D eigenvalue weighted by atomic mass is 9.89. The summed E-state index contributed by atoms with van der Waals surface area (Å²) in [6, 6.07) is 9.43. The fourth-order valence-corrected chi connectivity index (χ4v) is 4.54. The molecule has 5 rings (SSSR count). The highest BCUT2D eigenvalue weighted by Gasteiger charge is 2.27. The second-order valence-corrected chi connectivity index (χ2v) is 8.08. The van der Waals surface area contributed by atoms with Gasteiger partial charge in [-0.15, -0.1) is 0 Å². The number of hydrogen-bond acceptors (Lipinski definition) is 6. The SMILES string of the molecule is CF.CN.COc1ccc(C(=O)N2CCC(c3ccnc4nc(C5CCOC5)[nH]c34)CC2)cc1. The molecular weight excluding hydrogens is 437 g/mol. The normalized spacial score (nSPS) is 18.0. The van der Waals surface area contributed by atoms with E-state index in [-0.39, 0.29) is 5.91 Å². The molecule has 8 nitrogen and oxygen atoms in total. The zero-order valence-electron chi connectivity index (χ0n) is 20.1. The Hall–Kier alpha value is -3.04. The van der Waals surface area contributed by atoms with Crippen LogP contribution >= 0.6 is 0 Å². The zero-order valence-corrected chi connectivity index (χ0v) is 20.1. The average molecular weight is 472 g/mol. The van der Waals surface area contributed by atoms with Crippen LogP contribution in [-0.2, 0) is 4.74 Å². The molecule has 0 aliphatic carbocycles. The van der Waals surface area contributed by atoms with E-state index in [1.807, 2.05) is 35.4 Å². The Labute approximate surface area is 199 Å². The summed E-state index contributed by atoms with van der Waals surface area (Å²) in [5, 5.41) is 0. The second-order valence-electron chi connectivity index (χ2n) is 8.08. The molecule has 0 saturated carbocycles. The first-order chi connectivity index (χ1) is 16.7. The monoisotopic (exact) mass is 471 g/mol. The van der Waals surface area contributed by atoms with Crippen molar-refractivity contribution in [1.82, 2.24) is 19.9 Å². The number of H-pyrrole nitrogens is 1. The van der Waals surface area contributed by atoms with E-state index in [1.165, 1.54) is 12.6 Å². The van der Waals surface area contributed by atoms with Gasteiger partial charge in [-0.1, -0.05) is 0 Å². The first kappa shape index (κ1) is 25.6. The van der Waals surface area contributed by atoms with E-state index in [4.69, 9.17) is 14.5 Å². The summed E-state index contributed by atoms with van der Waals surface area (Å²) >= 11 is 0. The summed E-state index contributed by atoms with van der Waals surface area (Å²) in [5.74, 6) is 2.55. The highest BCUT2D eigenvalue weighted by molar-refractivity contribution is 5.94. The van der Waals surface area contributed by atoms with Crippen molar-refractivity contribution in [3.8, 4) is 5.75 Å². The molecule has 0 radical (unpaired) electrons. The summed E-state index contributed by atoms with van der Waals surface area (Å²) < 4.78 is 20.2. The van der Waals surface area contributed by atoms with Crippen molar-refractivity contribution in [3.63, 3.8) is 0 Å². The number of nitrogens with one attached hydrogen (secondary N) is 1. The molecule has 0 spiro atoms. The molecule has 9 heteroatoms. The van der Waals surface area contributed by atoms with Gasteiger partial charge in [0.2, 0.25) is 0 Å². The Morgan fingerprint density at radius 3 is 2.44 bits per heavy atom. The number of benzene rings is 1. The third kappa shape index (κ3) is 5.53. The number of nitrogens with two attached hydrogens (primary N) is 1. The van der Waals surface area contributed by atoms with Crippen molar-refractivity contribution < 1.29 is 18.7 Å². The largest absolute Gasteiger partial charge is 0.497 e. The van der Waals surface area contributed by atoms with Gasteiger partial charge in [0, 0.05) is 37.4 Å². The molecule has 184 valence electrons. The minimum absolute atomic E-state index is 0.0843. The summed E-state index contributed by atoms with van der Waals surface area (Å²) in [6.45, 7) is 3.01. The van der Waals surface area contributed by atoms with E-state index in [2.05, 4.69) is 21.8 Å². The lowest BCUT2D eigenvalue weighted by molar-refractivity contribution is 0.0713. The number of likely N-dealkylation sites (tertiary alicyclic amines) is 1. The van der Waals surface area contributed by atoms with Crippen LogP contribution in [0.1, 0.15) is 52.8 Å². The van der Waals surface area contributed by atoms with E-state index in [0.717, 1.165) is 68.3 Å². The number of carbonyl (C=O) groups excluding carboxylic acids is 1. The summed E-state index contributed by atoms with van der Waals surface area (Å²) in [5.41, 5.74) is 8.29. The van der Waals surface area contributed by atoms with Gasteiger partial charge in [-0.3, -0.25) is 9.18 Å². The number of aromatic amines is 1. The highest BCUT2D eigenvalue weighted by Crippen LogP contribution is 2.33. The summed E-state index contributed by atoms with van der Waals surface area (Å²) in [7, 11) is 3.63. The van der Waals surface area contributed by atoms with Crippen molar-refractivity contribution in [2.45, 2.75) is 31.1 Å². The Kier molecular flexibility index (Phi) is 9.35. The van der Waals surface area contributed by atoms with Crippen molar-refractivity contribution in [3.05, 3.63) is 53.5 Å². The van der Waals surface area contributed by atoms with E-state index in [9.17, 15) is 9.18 Å². The van der Waals surface area contributed by atoms with E-state index >= 15 is 0 Å². The van der Waals surface area contributed by atoms with E-state index in [0.29, 0.717) is 24.6 Å². The van der Waals surface area contributed by atoms with Gasteiger partial charge >= 0.3 is 0 Å². The van der Waals surface area contributed by atoms with Crippen LogP contribution in [0.2, 0.25) is 0 Å². The van der Waals surface area contributed by atoms with Gasteiger partial charge in [0.1, 0.15) is 11.6 Å². The molecule has 4 heterocycles. The molecule has 2 aliphatic rings. The number of amides is 1. The van der Waals surface area contributed by atoms with Crippen molar-refractivity contribution in [2.75, 3.05) is 47.6 Å². The number of nitrogens with zero attached hydrogens (tertiary/aromatic N) is 3. The first-order valence-corrected chi connectivity index (χ1v) is 11.5. The van der Waals surface area contributed by atoms with Gasteiger partial charge in [-0.05, 0) is 68.1 Å². The number of ether oxygens (including phenoxy) is 2. The van der Waals surface area contributed by atoms with Crippen LogP contribution in [0.15, 0.2) is 36.5 Å². The number of piperidine rings is 1. The zero-order chi connectivity index (χ0) is 24.5. The van der Waals surface area contributed by atoms with Gasteiger partial charge in [0.05, 0.1) is 26.4 Å². The third-order valence-corrected chi connectivity index (χ3v) is 6.32. The Bertz CT molecular complexity index is 1040. The molecule has 2 aromatic heterocycles. The maximum Gasteiger partial charge on any atom is 0.253 e. The van der Waals surface area contributed by atoms with Gasteiger partial charge in [0.25, 0.3) is 5.91 Å². The van der Waals surface area contributed by atoms with Gasteiger partial charge in [0.15, 0.2) is 5.65 Å². The van der Waals surface area contributed by atoms with Crippen LogP contribution in [0.4, 0.5) is 4.39 Å². The minimum atomic E-state index is 0.0843. The molecular formula is C25H34FN5O3. The molecule has 1 unspecified atom stereocenters. The molecule has 3 N–H and O–H groups in total. The predicted molar refractivity (Wildman–Crippen MR) is 130 cm³/mol. The molecule has 1 aromatic carbocycles. The number of halogens is 1. The van der Waals surface area contributed by atoms with Crippen LogP contribution in [0, 0.1) is 0 Å². The number of fused-ring (bicyclic) bond motifs is 1. The Morgan fingerprint density at radius 1 is 1.12 bits per heavy atom. The van der Waals surface area contributed by atoms with Crippen molar-refractivity contribution in [2.24, 2.45) is 5.73 Å². The number of methoxy groups -OCH3 is 1. The number of pyridine rings is 1. The van der Waals surface area contributed by atoms with E-state index < -0.39 is 0 Å². The lowest BCUT2D eigenvalue weighted by Gasteiger charge is -2.32. The fourth-order valence-electron chi connectivity index (χ4n) is 4.54. The Balaban J connectivity index is 0.000000771. The first-order valence-electron chi connectivity index (χ1n) is 11.5. The molecule has 0 bridgehead atoms.